The van der Waals surface area contributed by atoms with Crippen molar-refractivity contribution in [2.24, 2.45) is 5.73 Å². The fraction of sp³-hybridized carbons (Fsp3) is 0.538. The predicted octanol–water partition coefficient (Wildman–Crippen LogP) is 3.35. The molecule has 0 radical (unpaired) electrons. The molecule has 1 heterocycles. The normalized spacial score (nSPS) is 19.0. The summed E-state index contributed by atoms with van der Waals surface area (Å²) in [4.78, 5) is 2.52. The summed E-state index contributed by atoms with van der Waals surface area (Å²) in [5.74, 6) is 2.16. The van der Waals surface area contributed by atoms with Crippen LogP contribution in [0.4, 0.5) is 13.2 Å². The van der Waals surface area contributed by atoms with Gasteiger partial charge in [-0.3, -0.25) is 4.90 Å². The molecule has 0 aromatic heterocycles. The molecule has 112 valence electrons. The molecule has 1 fully saturated rings. The van der Waals surface area contributed by atoms with Crippen LogP contribution >= 0.6 is 23.5 Å². The molecule has 20 heavy (non-hydrogen) atoms. The Morgan fingerprint density at radius 3 is 2.30 bits per heavy atom. The number of halogens is 3. The van der Waals surface area contributed by atoms with Gasteiger partial charge >= 0.3 is 5.51 Å². The smallest absolute Gasteiger partial charge is 0.329 e. The van der Waals surface area contributed by atoms with Crippen LogP contribution in [0.3, 0.4) is 0 Å². The largest absolute Gasteiger partial charge is 0.446 e. The SMILES string of the molecule is NCC(c1ccc(SC(F)(F)F)cc1)N1CCSCC1. The number of benzene rings is 1. The summed E-state index contributed by atoms with van der Waals surface area (Å²) in [7, 11) is 0. The number of alkyl halides is 3. The molecule has 2 rings (SSSR count). The number of nitrogens with two attached hydrogens (primary N) is 1. The average Bonchev–Trinajstić information content (AvgIpc) is 2.41. The van der Waals surface area contributed by atoms with Gasteiger partial charge in [0.1, 0.15) is 0 Å². The van der Waals surface area contributed by atoms with E-state index in [1.54, 1.807) is 12.1 Å². The van der Waals surface area contributed by atoms with Crippen molar-refractivity contribution in [3.8, 4) is 0 Å². The molecule has 1 aromatic rings. The van der Waals surface area contributed by atoms with Gasteiger partial charge in [0, 0.05) is 42.1 Å². The molecule has 1 unspecified atom stereocenters. The van der Waals surface area contributed by atoms with Crippen LogP contribution in [-0.4, -0.2) is 41.5 Å². The predicted molar refractivity (Wildman–Crippen MR) is 79.0 cm³/mol. The molecular formula is C13H17F3N2S2. The minimum Gasteiger partial charge on any atom is -0.329 e. The molecule has 1 aliphatic heterocycles. The van der Waals surface area contributed by atoms with Gasteiger partial charge in [0.25, 0.3) is 0 Å². The van der Waals surface area contributed by atoms with Gasteiger partial charge in [0.05, 0.1) is 0 Å². The summed E-state index contributed by atoms with van der Waals surface area (Å²) in [6.45, 7) is 2.44. The Kier molecular flexibility index (Phi) is 5.65. The lowest BCUT2D eigenvalue weighted by molar-refractivity contribution is -0.0328. The Morgan fingerprint density at radius 1 is 1.20 bits per heavy atom. The molecule has 2 nitrogen and oxygen atoms in total. The first kappa shape index (κ1) is 16.0. The second kappa shape index (κ2) is 7.06. The van der Waals surface area contributed by atoms with Crippen LogP contribution in [0.5, 0.6) is 0 Å². The summed E-state index contributed by atoms with van der Waals surface area (Å²) in [6, 6.07) is 6.66. The van der Waals surface area contributed by atoms with Gasteiger partial charge in [-0.1, -0.05) is 12.1 Å². The second-order valence-corrected chi connectivity index (χ2v) is 6.88. The number of nitrogens with zero attached hydrogens (tertiary/aromatic N) is 1. The van der Waals surface area contributed by atoms with E-state index in [-0.39, 0.29) is 22.7 Å². The van der Waals surface area contributed by atoms with Gasteiger partial charge in [-0.15, -0.1) is 0 Å². The standard InChI is InChI=1S/C13H17F3N2S2/c14-13(15,16)20-11-3-1-10(2-4-11)12(9-17)18-5-7-19-8-6-18/h1-4,12H,5-9,17H2. The van der Waals surface area contributed by atoms with Crippen molar-refractivity contribution in [1.82, 2.24) is 4.90 Å². The zero-order chi connectivity index (χ0) is 14.6. The number of rotatable bonds is 4. The van der Waals surface area contributed by atoms with Gasteiger partial charge < -0.3 is 5.73 Å². The molecule has 1 aromatic carbocycles. The van der Waals surface area contributed by atoms with E-state index in [0.717, 1.165) is 30.2 Å². The Bertz CT molecular complexity index is 417. The van der Waals surface area contributed by atoms with Crippen LogP contribution in [0.25, 0.3) is 0 Å². The van der Waals surface area contributed by atoms with Crippen molar-refractivity contribution in [2.45, 2.75) is 16.4 Å². The Balaban J connectivity index is 2.06. The Hall–Kier alpha value is -0.370. The maximum Gasteiger partial charge on any atom is 0.446 e. The zero-order valence-electron chi connectivity index (χ0n) is 10.9. The fourth-order valence-electron chi connectivity index (χ4n) is 2.28. The van der Waals surface area contributed by atoms with Crippen molar-refractivity contribution in [2.75, 3.05) is 31.1 Å². The first-order chi connectivity index (χ1) is 9.49. The monoisotopic (exact) mass is 322 g/mol. The van der Waals surface area contributed by atoms with Crippen LogP contribution in [0, 0.1) is 0 Å². The molecular weight excluding hydrogens is 305 g/mol. The lowest BCUT2D eigenvalue weighted by atomic mass is 10.1. The topological polar surface area (TPSA) is 29.3 Å². The molecule has 0 saturated carbocycles. The highest BCUT2D eigenvalue weighted by Crippen LogP contribution is 2.37. The second-order valence-electron chi connectivity index (χ2n) is 4.52. The minimum atomic E-state index is -4.24. The van der Waals surface area contributed by atoms with Crippen molar-refractivity contribution in [3.05, 3.63) is 29.8 Å². The lowest BCUT2D eigenvalue weighted by Crippen LogP contribution is -2.39. The molecule has 0 spiro atoms. The van der Waals surface area contributed by atoms with E-state index >= 15 is 0 Å². The molecule has 1 saturated heterocycles. The van der Waals surface area contributed by atoms with Crippen LogP contribution in [0.1, 0.15) is 11.6 Å². The summed E-state index contributed by atoms with van der Waals surface area (Å²) in [5.41, 5.74) is 2.60. The Morgan fingerprint density at radius 2 is 1.80 bits per heavy atom. The summed E-state index contributed by atoms with van der Waals surface area (Å²) in [6.07, 6.45) is 0. The quantitative estimate of drug-likeness (QED) is 0.861. The molecule has 1 aliphatic rings. The fourth-order valence-corrected chi connectivity index (χ4v) is 3.75. The lowest BCUT2D eigenvalue weighted by Gasteiger charge is -2.34. The van der Waals surface area contributed by atoms with Gasteiger partial charge in [-0.05, 0) is 29.5 Å². The van der Waals surface area contributed by atoms with Crippen molar-refractivity contribution >= 4 is 23.5 Å². The highest BCUT2D eigenvalue weighted by atomic mass is 32.2. The van der Waals surface area contributed by atoms with Crippen LogP contribution in [0.2, 0.25) is 0 Å². The number of hydrogen-bond donors (Lipinski definition) is 1. The van der Waals surface area contributed by atoms with Gasteiger partial charge in [0.15, 0.2) is 0 Å². The van der Waals surface area contributed by atoms with Crippen LogP contribution < -0.4 is 5.73 Å². The highest BCUT2D eigenvalue weighted by molar-refractivity contribution is 8.00. The van der Waals surface area contributed by atoms with E-state index in [1.807, 2.05) is 11.8 Å². The van der Waals surface area contributed by atoms with E-state index in [0.29, 0.717) is 6.54 Å². The van der Waals surface area contributed by atoms with Gasteiger partial charge in [-0.2, -0.15) is 24.9 Å². The van der Waals surface area contributed by atoms with Gasteiger partial charge in [0.2, 0.25) is 0 Å². The van der Waals surface area contributed by atoms with Crippen LogP contribution in [-0.2, 0) is 0 Å². The number of thioether (sulfide) groups is 2. The summed E-state index contributed by atoms with van der Waals surface area (Å²) >= 11 is 1.84. The van der Waals surface area contributed by atoms with E-state index in [4.69, 9.17) is 5.73 Å². The third kappa shape index (κ3) is 4.58. The van der Waals surface area contributed by atoms with Gasteiger partial charge in [-0.25, -0.2) is 0 Å². The molecule has 7 heteroatoms. The third-order valence-electron chi connectivity index (χ3n) is 3.21. The minimum absolute atomic E-state index is 0.0838. The molecule has 0 bridgehead atoms. The van der Waals surface area contributed by atoms with Crippen molar-refractivity contribution in [1.29, 1.82) is 0 Å². The first-order valence-electron chi connectivity index (χ1n) is 6.37. The third-order valence-corrected chi connectivity index (χ3v) is 4.89. The van der Waals surface area contributed by atoms with Crippen molar-refractivity contribution < 1.29 is 13.2 Å². The highest BCUT2D eigenvalue weighted by Gasteiger charge is 2.29. The molecule has 2 N–H and O–H groups in total. The van der Waals surface area contributed by atoms with E-state index < -0.39 is 5.51 Å². The molecule has 1 atom stereocenters. The maximum absolute atomic E-state index is 12.3. The average molecular weight is 322 g/mol. The molecule has 0 amide bonds. The Labute approximate surface area is 125 Å². The number of hydrogen-bond acceptors (Lipinski definition) is 4. The first-order valence-corrected chi connectivity index (χ1v) is 8.34. The maximum atomic E-state index is 12.3. The zero-order valence-corrected chi connectivity index (χ0v) is 12.5. The molecule has 0 aliphatic carbocycles. The van der Waals surface area contributed by atoms with E-state index in [1.165, 1.54) is 12.1 Å². The van der Waals surface area contributed by atoms with E-state index in [9.17, 15) is 13.2 Å². The summed E-state index contributed by atoms with van der Waals surface area (Å²) < 4.78 is 36.9. The van der Waals surface area contributed by atoms with Crippen LogP contribution in [0.15, 0.2) is 29.2 Å². The summed E-state index contributed by atoms with van der Waals surface area (Å²) in [5, 5.41) is 0. The van der Waals surface area contributed by atoms with E-state index in [2.05, 4.69) is 4.90 Å². The van der Waals surface area contributed by atoms with Crippen molar-refractivity contribution in [3.63, 3.8) is 0 Å².